The summed E-state index contributed by atoms with van der Waals surface area (Å²) in [6, 6.07) is 12.1. The Labute approximate surface area is 127 Å². The molecule has 20 heavy (non-hydrogen) atoms. The van der Waals surface area contributed by atoms with E-state index in [1.807, 2.05) is 18.2 Å². The average molecular weight is 333 g/mol. The van der Waals surface area contributed by atoms with Gasteiger partial charge in [-0.1, -0.05) is 39.7 Å². The maximum atomic E-state index is 10.4. The van der Waals surface area contributed by atoms with E-state index in [0.717, 1.165) is 21.3 Å². The molecule has 3 heteroatoms. The number of hydrogen-bond acceptors (Lipinski definition) is 2. The molecule has 1 aliphatic rings. The van der Waals surface area contributed by atoms with Crippen LogP contribution in [0.1, 0.15) is 40.9 Å². The van der Waals surface area contributed by atoms with E-state index in [9.17, 15) is 5.11 Å². The Hall–Kier alpha value is -1.32. The Balaban J connectivity index is 1.99. The lowest BCUT2D eigenvalue weighted by atomic mass is 9.92. The van der Waals surface area contributed by atoms with Gasteiger partial charge in [0.15, 0.2) is 0 Å². The first-order chi connectivity index (χ1) is 9.54. The van der Waals surface area contributed by atoms with Crippen LogP contribution in [-0.2, 0) is 0 Å². The van der Waals surface area contributed by atoms with Crippen molar-refractivity contribution in [3.63, 3.8) is 0 Å². The Morgan fingerprint density at radius 3 is 2.70 bits per heavy atom. The molecule has 0 aliphatic carbocycles. The van der Waals surface area contributed by atoms with E-state index in [1.54, 1.807) is 0 Å². The van der Waals surface area contributed by atoms with Crippen LogP contribution in [-0.4, -0.2) is 5.11 Å². The quantitative estimate of drug-likeness (QED) is 0.825. The van der Waals surface area contributed by atoms with E-state index >= 15 is 0 Å². The highest BCUT2D eigenvalue weighted by molar-refractivity contribution is 9.10. The molecular formula is C17H17BrO2. The monoisotopic (exact) mass is 332 g/mol. The van der Waals surface area contributed by atoms with Crippen molar-refractivity contribution >= 4 is 15.9 Å². The third-order valence-electron chi connectivity index (χ3n) is 3.82. The van der Waals surface area contributed by atoms with Gasteiger partial charge in [0.25, 0.3) is 0 Å². The standard InChI is InChI=1S/C17H17BrO2/c1-10-3-4-11(2)13(7-10)17-9-15(19)14-8-12(18)5-6-16(14)20-17/h3-8,15,17,19H,9H2,1-2H3/t15-,17?/m1/s1. The molecule has 2 nitrogen and oxygen atoms in total. The fourth-order valence-electron chi connectivity index (χ4n) is 2.72. The van der Waals surface area contributed by atoms with Crippen molar-refractivity contribution in [2.45, 2.75) is 32.5 Å². The van der Waals surface area contributed by atoms with Crippen LogP contribution in [0.25, 0.3) is 0 Å². The minimum atomic E-state index is -0.485. The van der Waals surface area contributed by atoms with Crippen LogP contribution in [0.5, 0.6) is 5.75 Å². The third-order valence-corrected chi connectivity index (χ3v) is 4.31. The molecule has 2 atom stereocenters. The summed E-state index contributed by atoms with van der Waals surface area (Å²) in [5, 5.41) is 10.4. The van der Waals surface area contributed by atoms with Crippen molar-refractivity contribution in [2.24, 2.45) is 0 Å². The highest BCUT2D eigenvalue weighted by Crippen LogP contribution is 2.42. The SMILES string of the molecule is Cc1ccc(C)c(C2C[C@@H](O)c3cc(Br)ccc3O2)c1. The molecule has 0 bridgehead atoms. The summed E-state index contributed by atoms with van der Waals surface area (Å²) in [6.07, 6.45) is 0.0213. The molecule has 0 aromatic heterocycles. The van der Waals surface area contributed by atoms with Gasteiger partial charge in [-0.15, -0.1) is 0 Å². The van der Waals surface area contributed by atoms with Gasteiger partial charge in [0.1, 0.15) is 11.9 Å². The van der Waals surface area contributed by atoms with E-state index in [4.69, 9.17) is 4.74 Å². The van der Waals surface area contributed by atoms with Crippen molar-refractivity contribution in [2.75, 3.05) is 0 Å². The summed E-state index contributed by atoms with van der Waals surface area (Å²) in [5.41, 5.74) is 4.44. The largest absolute Gasteiger partial charge is 0.485 e. The van der Waals surface area contributed by atoms with Gasteiger partial charge in [0, 0.05) is 16.5 Å². The molecule has 2 aromatic carbocycles. The molecule has 0 saturated heterocycles. The summed E-state index contributed by atoms with van der Waals surface area (Å²) in [5.74, 6) is 0.776. The van der Waals surface area contributed by atoms with Crippen molar-refractivity contribution in [3.8, 4) is 5.75 Å². The van der Waals surface area contributed by atoms with Gasteiger partial charge in [-0.25, -0.2) is 0 Å². The highest BCUT2D eigenvalue weighted by atomic mass is 79.9. The summed E-state index contributed by atoms with van der Waals surface area (Å²) >= 11 is 3.43. The molecule has 0 spiro atoms. The van der Waals surface area contributed by atoms with E-state index in [-0.39, 0.29) is 6.10 Å². The molecule has 0 saturated carbocycles. The van der Waals surface area contributed by atoms with Gasteiger partial charge in [-0.3, -0.25) is 0 Å². The molecule has 104 valence electrons. The zero-order valence-corrected chi connectivity index (χ0v) is 13.1. The predicted octanol–water partition coefficient (Wildman–Crippen LogP) is 4.62. The molecule has 3 rings (SSSR count). The number of halogens is 1. The summed E-state index contributed by atoms with van der Waals surface area (Å²) in [4.78, 5) is 0. The first-order valence-corrected chi connectivity index (χ1v) is 7.55. The smallest absolute Gasteiger partial charge is 0.127 e. The van der Waals surface area contributed by atoms with E-state index < -0.39 is 6.10 Å². The molecule has 1 unspecified atom stereocenters. The van der Waals surface area contributed by atoms with Crippen molar-refractivity contribution in [3.05, 3.63) is 63.1 Å². The summed E-state index contributed by atoms with van der Waals surface area (Å²) in [6.45, 7) is 4.16. The third kappa shape index (κ3) is 2.48. The summed E-state index contributed by atoms with van der Waals surface area (Å²) < 4.78 is 7.06. The van der Waals surface area contributed by atoms with Gasteiger partial charge in [0.05, 0.1) is 6.10 Å². The van der Waals surface area contributed by atoms with Crippen LogP contribution < -0.4 is 4.74 Å². The number of fused-ring (bicyclic) bond motifs is 1. The van der Waals surface area contributed by atoms with Crippen LogP contribution in [0.3, 0.4) is 0 Å². The highest BCUT2D eigenvalue weighted by Gasteiger charge is 2.29. The van der Waals surface area contributed by atoms with Crippen LogP contribution in [0.15, 0.2) is 40.9 Å². The van der Waals surface area contributed by atoms with Gasteiger partial charge in [0.2, 0.25) is 0 Å². The lowest BCUT2D eigenvalue weighted by Gasteiger charge is -2.31. The van der Waals surface area contributed by atoms with Crippen molar-refractivity contribution in [1.29, 1.82) is 0 Å². The first kappa shape index (κ1) is 13.7. The van der Waals surface area contributed by atoms with E-state index in [1.165, 1.54) is 11.1 Å². The zero-order valence-electron chi connectivity index (χ0n) is 11.6. The Morgan fingerprint density at radius 1 is 1.10 bits per heavy atom. The Bertz CT molecular complexity index is 651. The minimum absolute atomic E-state index is 0.0847. The number of hydrogen-bond donors (Lipinski definition) is 1. The average Bonchev–Trinajstić information content (AvgIpc) is 2.42. The molecule has 1 N–H and O–H groups in total. The van der Waals surface area contributed by atoms with Crippen molar-refractivity contribution in [1.82, 2.24) is 0 Å². The maximum Gasteiger partial charge on any atom is 0.127 e. The molecule has 0 fully saturated rings. The Morgan fingerprint density at radius 2 is 1.90 bits per heavy atom. The summed E-state index contributed by atoms with van der Waals surface area (Å²) in [7, 11) is 0. The molecule has 1 aliphatic heterocycles. The van der Waals surface area contributed by atoms with Gasteiger partial charge in [-0.05, 0) is 43.2 Å². The van der Waals surface area contributed by atoms with E-state index in [2.05, 4.69) is 48.0 Å². The van der Waals surface area contributed by atoms with Crippen molar-refractivity contribution < 1.29 is 9.84 Å². The Kier molecular flexibility index (Phi) is 3.57. The fraction of sp³-hybridized carbons (Fsp3) is 0.294. The lowest BCUT2D eigenvalue weighted by Crippen LogP contribution is -2.19. The fourth-order valence-corrected chi connectivity index (χ4v) is 3.09. The topological polar surface area (TPSA) is 29.5 Å². The van der Waals surface area contributed by atoms with E-state index in [0.29, 0.717) is 6.42 Å². The number of benzene rings is 2. The molecule has 0 radical (unpaired) electrons. The molecule has 1 heterocycles. The second-order valence-electron chi connectivity index (χ2n) is 5.40. The number of aliphatic hydroxyl groups is 1. The minimum Gasteiger partial charge on any atom is -0.485 e. The number of rotatable bonds is 1. The van der Waals surface area contributed by atoms with Crippen LogP contribution in [0.4, 0.5) is 0 Å². The predicted molar refractivity (Wildman–Crippen MR) is 83.0 cm³/mol. The van der Waals surface area contributed by atoms with Gasteiger partial charge < -0.3 is 9.84 Å². The second-order valence-corrected chi connectivity index (χ2v) is 6.32. The molecule has 2 aromatic rings. The first-order valence-electron chi connectivity index (χ1n) is 6.76. The maximum absolute atomic E-state index is 10.4. The zero-order chi connectivity index (χ0) is 14.3. The van der Waals surface area contributed by atoms with Gasteiger partial charge in [-0.2, -0.15) is 0 Å². The second kappa shape index (κ2) is 5.23. The number of aryl methyl sites for hydroxylation is 2. The molecular weight excluding hydrogens is 316 g/mol. The molecule has 0 amide bonds. The van der Waals surface area contributed by atoms with Crippen LogP contribution in [0.2, 0.25) is 0 Å². The van der Waals surface area contributed by atoms with Crippen LogP contribution in [0, 0.1) is 13.8 Å². The van der Waals surface area contributed by atoms with Gasteiger partial charge >= 0.3 is 0 Å². The number of ether oxygens (including phenoxy) is 1. The van der Waals surface area contributed by atoms with Crippen LogP contribution >= 0.6 is 15.9 Å². The number of aliphatic hydroxyl groups excluding tert-OH is 1. The lowest BCUT2D eigenvalue weighted by molar-refractivity contribution is 0.0654. The normalized spacial score (nSPS) is 21.2.